The van der Waals surface area contributed by atoms with Gasteiger partial charge in [-0.25, -0.2) is 8.42 Å². The van der Waals surface area contributed by atoms with Gasteiger partial charge in [-0.05, 0) is 13.3 Å². The van der Waals surface area contributed by atoms with E-state index in [1.54, 1.807) is 25.3 Å². The zero-order chi connectivity index (χ0) is 13.2. The number of alkyl halides is 1. The predicted molar refractivity (Wildman–Crippen MR) is 71.5 cm³/mol. The summed E-state index contributed by atoms with van der Waals surface area (Å²) in [5, 5.41) is 8.41. The van der Waals surface area contributed by atoms with Crippen LogP contribution < -0.4 is 0 Å². The van der Waals surface area contributed by atoms with E-state index in [9.17, 15) is 8.42 Å². The fourth-order valence-electron chi connectivity index (χ4n) is 1.71. The summed E-state index contributed by atoms with van der Waals surface area (Å²) in [6.45, 7) is 1.64. The van der Waals surface area contributed by atoms with Crippen LogP contribution >= 0.6 is 11.6 Å². The fourth-order valence-corrected chi connectivity index (χ4v) is 3.63. The Labute approximate surface area is 111 Å². The zero-order valence-corrected chi connectivity index (χ0v) is 11.4. The van der Waals surface area contributed by atoms with E-state index in [0.29, 0.717) is 17.7 Å². The van der Waals surface area contributed by atoms with Crippen molar-refractivity contribution in [3.63, 3.8) is 0 Å². The second-order valence-corrected chi connectivity index (χ2v) is 6.73. The lowest BCUT2D eigenvalue weighted by atomic mass is 10.2. The number of halogens is 1. The highest BCUT2D eigenvalue weighted by Crippen LogP contribution is 2.24. The Morgan fingerprint density at radius 2 is 2.06 bits per heavy atom. The van der Waals surface area contributed by atoms with Crippen molar-refractivity contribution < 1.29 is 8.42 Å². The molecule has 1 heterocycles. The molecule has 1 unspecified atom stereocenters. The summed E-state index contributed by atoms with van der Waals surface area (Å²) in [6.07, 6.45) is 1.95. The third-order valence-corrected chi connectivity index (χ3v) is 5.21. The maximum Gasteiger partial charge on any atom is 0.200 e. The minimum absolute atomic E-state index is 0.0400. The van der Waals surface area contributed by atoms with E-state index < -0.39 is 15.1 Å². The highest BCUT2D eigenvalue weighted by atomic mass is 35.5. The lowest BCUT2D eigenvalue weighted by Gasteiger charge is -2.11. The number of hydrogen-bond acceptors (Lipinski definition) is 4. The molecule has 0 N–H and O–H groups in total. The summed E-state index contributed by atoms with van der Waals surface area (Å²) in [4.78, 5) is 0. The zero-order valence-electron chi connectivity index (χ0n) is 9.88. The van der Waals surface area contributed by atoms with Gasteiger partial charge in [0.15, 0.2) is 5.03 Å². The van der Waals surface area contributed by atoms with Gasteiger partial charge in [-0.2, -0.15) is 5.10 Å². The molecule has 0 saturated carbocycles. The molecule has 2 rings (SSSR count). The van der Waals surface area contributed by atoms with E-state index >= 15 is 0 Å². The Hall–Kier alpha value is -1.20. The lowest BCUT2D eigenvalue weighted by molar-refractivity contribution is 0.577. The first-order chi connectivity index (χ1) is 8.57. The van der Waals surface area contributed by atoms with E-state index in [2.05, 4.69) is 10.2 Å². The van der Waals surface area contributed by atoms with Crippen molar-refractivity contribution in [3.8, 4) is 0 Å². The van der Waals surface area contributed by atoms with Gasteiger partial charge in [0.25, 0.3) is 0 Å². The van der Waals surface area contributed by atoms with Crippen LogP contribution in [0, 0.1) is 0 Å². The summed E-state index contributed by atoms with van der Waals surface area (Å²) in [5.41, 5.74) is 0. The molecule has 1 aromatic carbocycles. The first-order valence-corrected chi connectivity index (χ1v) is 7.65. The molecule has 0 bridgehead atoms. The first-order valence-electron chi connectivity index (χ1n) is 5.57. The molecule has 6 heteroatoms. The maximum atomic E-state index is 12.4. The van der Waals surface area contributed by atoms with Crippen molar-refractivity contribution in [2.45, 2.75) is 23.6 Å². The summed E-state index contributed by atoms with van der Waals surface area (Å²) >= 11 is 5.61. The Morgan fingerprint density at radius 3 is 2.78 bits per heavy atom. The molecule has 96 valence electrons. The second kappa shape index (κ2) is 5.20. The van der Waals surface area contributed by atoms with Crippen molar-refractivity contribution in [2.24, 2.45) is 0 Å². The van der Waals surface area contributed by atoms with Crippen molar-refractivity contribution in [3.05, 3.63) is 30.5 Å². The molecule has 0 aliphatic rings. The van der Waals surface area contributed by atoms with Gasteiger partial charge in [0.1, 0.15) is 0 Å². The van der Waals surface area contributed by atoms with Gasteiger partial charge in [-0.1, -0.05) is 24.3 Å². The molecule has 0 aliphatic heterocycles. The summed E-state index contributed by atoms with van der Waals surface area (Å²) < 4.78 is 24.7. The standard InChI is InChI=1S/C12H13ClN2O2S/c1-9(6-7-13)18(16,17)12-11-5-3-2-4-10(11)8-14-15-12/h2-5,8-9H,6-7H2,1H3. The summed E-state index contributed by atoms with van der Waals surface area (Å²) in [5.74, 6) is 0.304. The number of nitrogens with zero attached hydrogens (tertiary/aromatic N) is 2. The molecule has 0 aliphatic carbocycles. The Balaban J connectivity index is 2.61. The SMILES string of the molecule is CC(CCCl)S(=O)(=O)c1nncc2ccccc12. The van der Waals surface area contributed by atoms with Gasteiger partial charge in [0, 0.05) is 16.7 Å². The lowest BCUT2D eigenvalue weighted by Crippen LogP contribution is -2.20. The van der Waals surface area contributed by atoms with E-state index in [0.717, 1.165) is 5.39 Å². The monoisotopic (exact) mass is 284 g/mol. The largest absolute Gasteiger partial charge is 0.222 e. The molecule has 2 aromatic rings. The van der Waals surface area contributed by atoms with Crippen LogP contribution in [0.15, 0.2) is 35.5 Å². The van der Waals surface area contributed by atoms with E-state index in [1.165, 1.54) is 0 Å². The van der Waals surface area contributed by atoms with Gasteiger partial charge < -0.3 is 0 Å². The number of benzene rings is 1. The Kier molecular flexibility index (Phi) is 3.82. The van der Waals surface area contributed by atoms with Crippen LogP contribution in [0.2, 0.25) is 0 Å². The molecule has 0 saturated heterocycles. The third kappa shape index (κ3) is 2.33. The second-order valence-electron chi connectivity index (χ2n) is 4.07. The number of aromatic nitrogens is 2. The van der Waals surface area contributed by atoms with Crippen LogP contribution in [0.25, 0.3) is 10.8 Å². The topological polar surface area (TPSA) is 59.9 Å². The number of rotatable bonds is 4. The minimum Gasteiger partial charge on any atom is -0.222 e. The third-order valence-electron chi connectivity index (χ3n) is 2.85. The summed E-state index contributed by atoms with van der Waals surface area (Å²) in [7, 11) is -3.49. The van der Waals surface area contributed by atoms with Crippen LogP contribution in [-0.4, -0.2) is 29.7 Å². The average Bonchev–Trinajstić information content (AvgIpc) is 2.38. The van der Waals surface area contributed by atoms with E-state index in [1.807, 2.05) is 12.1 Å². The first kappa shape index (κ1) is 13.2. The highest BCUT2D eigenvalue weighted by molar-refractivity contribution is 7.92. The normalized spacial score (nSPS) is 13.7. The Morgan fingerprint density at radius 1 is 1.33 bits per heavy atom. The molecule has 1 atom stereocenters. The van der Waals surface area contributed by atoms with Crippen LogP contribution in [0.1, 0.15) is 13.3 Å². The molecule has 4 nitrogen and oxygen atoms in total. The minimum atomic E-state index is -3.49. The van der Waals surface area contributed by atoms with Crippen LogP contribution in [-0.2, 0) is 9.84 Å². The van der Waals surface area contributed by atoms with Crippen molar-refractivity contribution in [1.82, 2.24) is 10.2 Å². The van der Waals surface area contributed by atoms with E-state index in [4.69, 9.17) is 11.6 Å². The van der Waals surface area contributed by atoms with Crippen LogP contribution in [0.4, 0.5) is 0 Å². The molecular formula is C12H13ClN2O2S. The van der Waals surface area contributed by atoms with Gasteiger partial charge in [0.05, 0.1) is 11.4 Å². The molecule has 0 radical (unpaired) electrons. The fraction of sp³-hybridized carbons (Fsp3) is 0.333. The molecule has 18 heavy (non-hydrogen) atoms. The van der Waals surface area contributed by atoms with Gasteiger partial charge in [-0.3, -0.25) is 0 Å². The van der Waals surface area contributed by atoms with E-state index in [-0.39, 0.29) is 5.03 Å². The molecular weight excluding hydrogens is 272 g/mol. The molecule has 1 aromatic heterocycles. The maximum absolute atomic E-state index is 12.4. The van der Waals surface area contributed by atoms with Gasteiger partial charge in [-0.15, -0.1) is 16.7 Å². The number of hydrogen-bond donors (Lipinski definition) is 0. The predicted octanol–water partition coefficient (Wildman–Crippen LogP) is 2.42. The van der Waals surface area contributed by atoms with Crippen molar-refractivity contribution >= 4 is 32.2 Å². The number of sulfone groups is 1. The van der Waals surface area contributed by atoms with Crippen LogP contribution in [0.5, 0.6) is 0 Å². The Bertz CT molecular complexity index is 653. The quantitative estimate of drug-likeness (QED) is 0.809. The van der Waals surface area contributed by atoms with Crippen molar-refractivity contribution in [1.29, 1.82) is 0 Å². The molecule has 0 amide bonds. The van der Waals surface area contributed by atoms with Crippen molar-refractivity contribution in [2.75, 3.05) is 5.88 Å². The number of fused-ring (bicyclic) bond motifs is 1. The van der Waals surface area contributed by atoms with Gasteiger partial charge >= 0.3 is 0 Å². The van der Waals surface area contributed by atoms with Crippen LogP contribution in [0.3, 0.4) is 0 Å². The smallest absolute Gasteiger partial charge is 0.200 e. The summed E-state index contributed by atoms with van der Waals surface area (Å²) in [6, 6.07) is 7.18. The molecule has 0 fully saturated rings. The average molecular weight is 285 g/mol. The van der Waals surface area contributed by atoms with Gasteiger partial charge in [0.2, 0.25) is 9.84 Å². The highest BCUT2D eigenvalue weighted by Gasteiger charge is 2.26. The molecule has 0 spiro atoms.